The molecule has 7 heterocycles. The van der Waals surface area contributed by atoms with Gasteiger partial charge in [-0.2, -0.15) is 5.10 Å². The number of unbranched alkanes of at least 4 members (excludes halogenated alkanes) is 11. The molecular weight excluding hydrogens is 1830 g/mol. The number of fused-ring (bicyclic) bond motifs is 1. The second kappa shape index (κ2) is 54.7. The Hall–Kier alpha value is -13.5. The lowest BCUT2D eigenvalue weighted by Crippen LogP contribution is -2.29. The zero-order valence-corrected chi connectivity index (χ0v) is 84.4. The number of carbonyl (C=O) groups is 5. The molecule has 724 valence electrons. The molecule has 17 rings (SSSR count). The Morgan fingerprint density at radius 1 is 0.307 bits per heavy atom. The van der Waals surface area contributed by atoms with E-state index < -0.39 is 0 Å². The molecule has 0 saturated carbocycles. The maximum Gasteiger partial charge on any atom is 0.213 e. The maximum atomic E-state index is 11.4. The van der Waals surface area contributed by atoms with E-state index in [9.17, 15) is 24.0 Å². The van der Waals surface area contributed by atoms with Crippen molar-refractivity contribution in [3.8, 4) is 131 Å². The molecule has 0 bridgehead atoms. The topological polar surface area (TPSA) is 278 Å². The SMILES string of the molecule is CC(=O)c1ccc(-c2nnc(-c3ccc(N4CCCCC4)cc3)s2)cc1.CCCCCOc1ccc(-c2cc(-c3ccc(C(C)=O)cc3)no2)cc1.CCCCCOc1ccc(-c2nn3cc(-c4ccc(C(C)=O)cc4)nc3s2)cc1.COCCCCCCCOc1ccc(-c2nnc(-c3ccc(C(C)=O)cc3)s2)cc1.COCCCCCCOc1ccc(-c2nnc(-c3ccc(C(C)=O)cc3)s2)cc1. The van der Waals surface area contributed by atoms with Crippen molar-refractivity contribution in [3.63, 3.8) is 0 Å². The van der Waals surface area contributed by atoms with E-state index in [-0.39, 0.29) is 28.9 Å². The molecule has 0 unspecified atom stereocenters. The van der Waals surface area contributed by atoms with E-state index in [1.165, 1.54) is 99.0 Å². The number of carbonyl (C=O) groups excluding carboxylic acids is 5. The second-order valence-electron chi connectivity index (χ2n) is 33.9. The summed E-state index contributed by atoms with van der Waals surface area (Å²) >= 11 is 6.19. The fraction of sp³-hybridized carbons (Fsp3) is 0.310. The van der Waals surface area contributed by atoms with Crippen LogP contribution in [0.25, 0.3) is 113 Å². The summed E-state index contributed by atoms with van der Waals surface area (Å²) in [4.78, 5) is 65.0. The molecule has 1 saturated heterocycles. The second-order valence-corrected chi connectivity index (χ2v) is 37.8. The first-order valence-electron chi connectivity index (χ1n) is 48.0. The monoisotopic (exact) mass is 1950 g/mol. The molecule has 0 aliphatic carbocycles. The van der Waals surface area contributed by atoms with Gasteiger partial charge >= 0.3 is 0 Å². The van der Waals surface area contributed by atoms with Crippen molar-refractivity contribution in [2.24, 2.45) is 0 Å². The molecular formula is C113H121N11O12S4. The smallest absolute Gasteiger partial charge is 0.213 e. The number of imidazole rings is 1. The van der Waals surface area contributed by atoms with Crippen LogP contribution in [0.3, 0.4) is 0 Å². The van der Waals surface area contributed by atoms with Gasteiger partial charge in [0.2, 0.25) is 4.96 Å². The first-order valence-corrected chi connectivity index (χ1v) is 51.3. The van der Waals surface area contributed by atoms with E-state index in [2.05, 4.69) is 88.8 Å². The van der Waals surface area contributed by atoms with Crippen LogP contribution in [0.5, 0.6) is 23.0 Å². The largest absolute Gasteiger partial charge is 0.494 e. The predicted octanol–water partition coefficient (Wildman–Crippen LogP) is 28.5. The van der Waals surface area contributed by atoms with E-state index in [0.29, 0.717) is 33.6 Å². The van der Waals surface area contributed by atoms with Crippen molar-refractivity contribution in [2.45, 2.75) is 164 Å². The van der Waals surface area contributed by atoms with Gasteiger partial charge in [0, 0.05) is 136 Å². The lowest BCUT2D eigenvalue weighted by Gasteiger charge is -2.28. The molecule has 23 nitrogen and oxygen atoms in total. The predicted molar refractivity (Wildman–Crippen MR) is 564 cm³/mol. The summed E-state index contributed by atoms with van der Waals surface area (Å²) in [7, 11) is 3.49. The molecule has 0 amide bonds. The molecule has 16 aromatic rings. The first-order chi connectivity index (χ1) is 68.3. The highest BCUT2D eigenvalue weighted by atomic mass is 32.1. The summed E-state index contributed by atoms with van der Waals surface area (Å²) in [5, 5.41) is 40.8. The van der Waals surface area contributed by atoms with E-state index in [0.717, 1.165) is 228 Å². The molecule has 0 radical (unpaired) electrons. The minimum absolute atomic E-state index is 0.0504. The van der Waals surface area contributed by atoms with Gasteiger partial charge in [0.1, 0.15) is 63.7 Å². The Kier molecular flexibility index (Phi) is 40.6. The number of ether oxygens (including phenoxy) is 6. The number of benzene rings is 10. The number of Topliss-reactive ketones (excluding diaryl/α,β-unsaturated/α-hetero) is 5. The average molecular weight is 1950 g/mol. The number of aromatic nitrogens is 10. The van der Waals surface area contributed by atoms with E-state index >= 15 is 0 Å². The molecule has 10 aromatic carbocycles. The summed E-state index contributed by atoms with van der Waals surface area (Å²) in [5.41, 5.74) is 16.3. The zero-order valence-electron chi connectivity index (χ0n) is 81.1. The van der Waals surface area contributed by atoms with Crippen LogP contribution in [-0.2, 0) is 9.47 Å². The number of methoxy groups -OCH3 is 2. The lowest BCUT2D eigenvalue weighted by atomic mass is 10.1. The van der Waals surface area contributed by atoms with Gasteiger partial charge in [-0.25, -0.2) is 9.50 Å². The summed E-state index contributed by atoms with van der Waals surface area (Å²) in [5.74, 6) is 4.51. The van der Waals surface area contributed by atoms with Gasteiger partial charge in [0.05, 0.1) is 38.3 Å². The van der Waals surface area contributed by atoms with Crippen LogP contribution in [0.1, 0.15) is 216 Å². The average Bonchev–Trinajstić information content (AvgIpc) is 1.64. The van der Waals surface area contributed by atoms with Crippen LogP contribution in [0, 0.1) is 0 Å². The third-order valence-corrected chi connectivity index (χ3v) is 27.2. The Bertz CT molecular complexity index is 6480. The van der Waals surface area contributed by atoms with Crippen LogP contribution in [0.2, 0.25) is 0 Å². The highest BCUT2D eigenvalue weighted by Gasteiger charge is 2.19. The van der Waals surface area contributed by atoms with Crippen LogP contribution in [-0.4, -0.2) is 146 Å². The minimum Gasteiger partial charge on any atom is -0.494 e. The fourth-order valence-electron chi connectivity index (χ4n) is 15.0. The van der Waals surface area contributed by atoms with E-state index in [1.807, 2.05) is 223 Å². The molecule has 140 heavy (non-hydrogen) atoms. The Morgan fingerprint density at radius 3 is 0.900 bits per heavy atom. The van der Waals surface area contributed by atoms with Crippen molar-refractivity contribution in [1.82, 2.24) is 50.3 Å². The molecule has 6 aromatic heterocycles. The summed E-state index contributed by atoms with van der Waals surface area (Å²) in [6, 6.07) is 79.7. The van der Waals surface area contributed by atoms with Gasteiger partial charge in [-0.3, -0.25) is 24.0 Å². The Balaban J connectivity index is 0.000000147. The number of hydrogen-bond acceptors (Lipinski definition) is 26. The number of hydrogen-bond donors (Lipinski definition) is 0. The van der Waals surface area contributed by atoms with Gasteiger partial charge in [-0.15, -0.1) is 30.6 Å². The molecule has 1 aliphatic rings. The highest BCUT2D eigenvalue weighted by molar-refractivity contribution is 7.20. The molecule has 0 N–H and O–H groups in total. The summed E-state index contributed by atoms with van der Waals surface area (Å²) < 4.78 is 40.6. The van der Waals surface area contributed by atoms with Crippen LogP contribution in [0.4, 0.5) is 5.69 Å². The van der Waals surface area contributed by atoms with Crippen molar-refractivity contribution >= 4 is 84.9 Å². The van der Waals surface area contributed by atoms with Gasteiger partial charge in [0.15, 0.2) is 34.7 Å². The fourth-order valence-corrected chi connectivity index (χ4v) is 18.4. The number of piperidine rings is 1. The summed E-state index contributed by atoms with van der Waals surface area (Å²) in [6.07, 6.45) is 23.1. The quantitative estimate of drug-likeness (QED) is 0.0253. The van der Waals surface area contributed by atoms with E-state index in [1.54, 1.807) is 83.6 Å². The molecule has 1 fully saturated rings. The van der Waals surface area contributed by atoms with Crippen molar-refractivity contribution in [3.05, 3.63) is 283 Å². The molecule has 0 atom stereocenters. The van der Waals surface area contributed by atoms with Gasteiger partial charge in [-0.1, -0.05) is 237 Å². The van der Waals surface area contributed by atoms with Crippen molar-refractivity contribution in [2.75, 3.05) is 71.9 Å². The standard InChI is InChI=1S/C24H28N2O3S.C23H23N3O2S.C23H26N2O3S.C22H23NO3.C21H21N3OS/c1-18(27)19-8-10-20(11-9-19)23-25-26-24(30-23)21-12-14-22(15-13-21)29-17-7-5-3-4-6-16-28-2;1-3-4-5-14-28-20-12-10-19(11-13-20)22-25-26-15-21(24-23(26)29-22)18-8-6-17(7-9-18)16(2)27;1-17(26)18-7-9-19(10-8-18)22-24-25-23(29-22)20-11-13-21(14-12-20)28-16-6-4-3-5-15-27-2;1-3-4-5-14-25-20-12-10-19(11-13-20)22-15-21(23-26-22)18-8-6-17(7-9-18)16(2)24;1-15(25)16-5-7-17(8-6-16)20-22-23-21(26-20)18-9-11-19(12-10-18)24-13-3-2-4-14-24/h8-15H,3-7,16-17H2,1-2H3;6-13,15H,3-5,14H2,1-2H3;7-14H,3-6,15-16H2,1-2H3;6-13,15H,3-5,14H2,1-2H3;5-12H,2-4,13-14H2,1H3. The van der Waals surface area contributed by atoms with E-state index in [4.69, 9.17) is 32.9 Å². The van der Waals surface area contributed by atoms with Crippen molar-refractivity contribution in [1.29, 1.82) is 0 Å². The van der Waals surface area contributed by atoms with Gasteiger partial charge in [-0.05, 0) is 220 Å². The van der Waals surface area contributed by atoms with Gasteiger partial charge in [0.25, 0.3) is 0 Å². The molecule has 27 heteroatoms. The maximum absolute atomic E-state index is 11.4. The van der Waals surface area contributed by atoms with Gasteiger partial charge < -0.3 is 37.8 Å². The van der Waals surface area contributed by atoms with Crippen LogP contribution in [0.15, 0.2) is 259 Å². The zero-order chi connectivity index (χ0) is 98.2. The normalized spacial score (nSPS) is 11.5. The number of anilines is 1. The third-order valence-electron chi connectivity index (χ3n) is 23.2. The minimum atomic E-state index is 0.0504. The number of ketones is 5. The lowest BCUT2D eigenvalue weighted by molar-refractivity contribution is 0.100. The molecule has 0 spiro atoms. The third kappa shape index (κ3) is 31.5. The van der Waals surface area contributed by atoms with Crippen LogP contribution >= 0.6 is 45.3 Å². The summed E-state index contributed by atoms with van der Waals surface area (Å²) in [6.45, 7) is 19.2. The first kappa shape index (κ1) is 104. The highest BCUT2D eigenvalue weighted by Crippen LogP contribution is 2.38. The molecule has 1 aliphatic heterocycles. The van der Waals surface area contributed by atoms with Crippen LogP contribution < -0.4 is 23.8 Å². The van der Waals surface area contributed by atoms with Crippen molar-refractivity contribution < 1.29 is 56.9 Å². The number of nitrogens with zero attached hydrogens (tertiary/aromatic N) is 11. The number of rotatable bonds is 43. The Labute approximate surface area is 835 Å². The Morgan fingerprint density at radius 2 is 0.586 bits per heavy atom.